The van der Waals surface area contributed by atoms with E-state index in [2.05, 4.69) is 4.57 Å². The first-order valence-electron chi connectivity index (χ1n) is 10.9. The molecule has 7 heteroatoms. The molecular weight excluding hydrogens is 430 g/mol. The lowest BCUT2D eigenvalue weighted by molar-refractivity contribution is 0.0687. The lowest BCUT2D eigenvalue weighted by atomic mass is 9.90. The van der Waals surface area contributed by atoms with Crippen LogP contribution in [0.1, 0.15) is 49.9 Å². The van der Waals surface area contributed by atoms with Crippen molar-refractivity contribution >= 4 is 28.7 Å². The van der Waals surface area contributed by atoms with Crippen LogP contribution < -0.4 is 5.73 Å². The van der Waals surface area contributed by atoms with Crippen LogP contribution in [-0.2, 0) is 13.0 Å². The van der Waals surface area contributed by atoms with E-state index in [-0.39, 0.29) is 17.0 Å². The number of benzene rings is 3. The van der Waals surface area contributed by atoms with Crippen molar-refractivity contribution in [2.75, 3.05) is 0 Å². The van der Waals surface area contributed by atoms with Gasteiger partial charge in [-0.05, 0) is 60.4 Å². The summed E-state index contributed by atoms with van der Waals surface area (Å²) in [6.45, 7) is 4.58. The van der Waals surface area contributed by atoms with Gasteiger partial charge >= 0.3 is 11.9 Å². The zero-order valence-electron chi connectivity index (χ0n) is 18.9. The molecule has 34 heavy (non-hydrogen) atoms. The molecule has 7 nitrogen and oxygen atoms in total. The molecule has 0 atom stereocenters. The summed E-state index contributed by atoms with van der Waals surface area (Å²) < 4.78 is 2.08. The van der Waals surface area contributed by atoms with Crippen molar-refractivity contribution in [3.8, 4) is 11.1 Å². The van der Waals surface area contributed by atoms with Crippen molar-refractivity contribution in [2.24, 2.45) is 5.73 Å². The Morgan fingerprint density at radius 1 is 0.912 bits per heavy atom. The van der Waals surface area contributed by atoms with Crippen molar-refractivity contribution in [3.05, 3.63) is 94.2 Å². The maximum atomic E-state index is 12.0. The summed E-state index contributed by atoms with van der Waals surface area (Å²) >= 11 is 0. The van der Waals surface area contributed by atoms with Crippen molar-refractivity contribution in [2.45, 2.75) is 26.8 Å². The van der Waals surface area contributed by atoms with Gasteiger partial charge in [-0.25, -0.2) is 9.59 Å². The molecule has 0 aliphatic carbocycles. The number of aromatic carboxylic acids is 2. The number of nitrogen functional groups attached to an aromatic ring is 1. The molecule has 0 amide bonds. The fraction of sp³-hybridized carbons (Fsp3) is 0.148. The second-order valence-electron chi connectivity index (χ2n) is 8.29. The molecule has 0 fully saturated rings. The largest absolute Gasteiger partial charge is 0.478 e. The fourth-order valence-electron chi connectivity index (χ4n) is 4.33. The SMILES string of the molecule is CCn1cc(Cc2ccc(C(=O)O)cc2-c2ccc(C)cc2C(=O)O)c2ccc(C(=N)N)cc21. The first-order valence-corrected chi connectivity index (χ1v) is 10.9. The summed E-state index contributed by atoms with van der Waals surface area (Å²) in [6, 6.07) is 15.6. The van der Waals surface area contributed by atoms with E-state index in [9.17, 15) is 19.8 Å². The predicted molar refractivity (Wildman–Crippen MR) is 132 cm³/mol. The minimum atomic E-state index is -1.07. The summed E-state index contributed by atoms with van der Waals surface area (Å²) in [5.74, 6) is -2.14. The van der Waals surface area contributed by atoms with Gasteiger partial charge < -0.3 is 20.5 Å². The highest BCUT2D eigenvalue weighted by atomic mass is 16.4. The Bertz CT molecular complexity index is 1470. The van der Waals surface area contributed by atoms with Crippen LogP contribution in [-0.4, -0.2) is 32.6 Å². The zero-order valence-corrected chi connectivity index (χ0v) is 18.9. The molecule has 1 heterocycles. The molecule has 3 aromatic carbocycles. The Morgan fingerprint density at radius 3 is 2.29 bits per heavy atom. The number of carbonyl (C=O) groups is 2. The highest BCUT2D eigenvalue weighted by molar-refractivity contribution is 6.00. The number of hydrogen-bond acceptors (Lipinski definition) is 3. The molecule has 0 aliphatic rings. The average molecular weight is 456 g/mol. The molecule has 1 aromatic heterocycles. The van der Waals surface area contributed by atoms with E-state index in [1.807, 2.05) is 44.3 Å². The van der Waals surface area contributed by atoms with E-state index >= 15 is 0 Å². The summed E-state index contributed by atoms with van der Waals surface area (Å²) in [7, 11) is 0. The zero-order chi connectivity index (χ0) is 24.6. The number of carboxylic acids is 2. The second-order valence-corrected chi connectivity index (χ2v) is 8.29. The number of nitrogens with two attached hydrogens (primary N) is 1. The molecular formula is C27H25N3O4. The topological polar surface area (TPSA) is 129 Å². The van der Waals surface area contributed by atoms with Crippen LogP contribution in [0, 0.1) is 12.3 Å². The van der Waals surface area contributed by atoms with Gasteiger partial charge in [-0.3, -0.25) is 5.41 Å². The van der Waals surface area contributed by atoms with E-state index in [1.165, 1.54) is 0 Å². The van der Waals surface area contributed by atoms with Gasteiger partial charge in [0.05, 0.1) is 11.1 Å². The summed E-state index contributed by atoms with van der Waals surface area (Å²) in [4.78, 5) is 23.7. The number of rotatable bonds is 7. The number of nitrogens with zero attached hydrogens (tertiary/aromatic N) is 1. The average Bonchev–Trinajstić information content (AvgIpc) is 3.16. The third kappa shape index (κ3) is 4.15. The first-order chi connectivity index (χ1) is 16.2. The van der Waals surface area contributed by atoms with Crippen LogP contribution in [0.15, 0.2) is 60.8 Å². The predicted octanol–water partition coefficient (Wildman–Crippen LogP) is 4.91. The first kappa shape index (κ1) is 22.8. The molecule has 0 bridgehead atoms. The van der Waals surface area contributed by atoms with Crippen LogP contribution in [0.5, 0.6) is 0 Å². The van der Waals surface area contributed by atoms with E-state index in [0.717, 1.165) is 34.1 Å². The molecule has 0 saturated carbocycles. The Kier molecular flexibility index (Phi) is 5.94. The van der Waals surface area contributed by atoms with Crippen molar-refractivity contribution < 1.29 is 19.8 Å². The number of aryl methyl sites for hydroxylation is 2. The number of carboxylic acid groups (broad SMARTS) is 2. The van der Waals surface area contributed by atoms with Gasteiger partial charge in [-0.1, -0.05) is 35.9 Å². The van der Waals surface area contributed by atoms with Crippen molar-refractivity contribution in [3.63, 3.8) is 0 Å². The van der Waals surface area contributed by atoms with Gasteiger partial charge in [-0.2, -0.15) is 0 Å². The molecule has 0 radical (unpaired) electrons. The smallest absolute Gasteiger partial charge is 0.336 e. The van der Waals surface area contributed by atoms with Crippen LogP contribution in [0.25, 0.3) is 22.0 Å². The van der Waals surface area contributed by atoms with Gasteiger partial charge in [0.1, 0.15) is 5.84 Å². The van der Waals surface area contributed by atoms with Crippen molar-refractivity contribution in [1.82, 2.24) is 4.57 Å². The lowest BCUT2D eigenvalue weighted by Gasteiger charge is -2.14. The molecule has 0 saturated heterocycles. The van der Waals surface area contributed by atoms with Crippen LogP contribution >= 0.6 is 0 Å². The second kappa shape index (κ2) is 8.86. The summed E-state index contributed by atoms with van der Waals surface area (Å²) in [5.41, 5.74) is 11.2. The maximum absolute atomic E-state index is 12.0. The minimum absolute atomic E-state index is 0.000537. The Hall–Kier alpha value is -4.39. The van der Waals surface area contributed by atoms with E-state index in [4.69, 9.17) is 11.1 Å². The van der Waals surface area contributed by atoms with Crippen LogP contribution in [0.2, 0.25) is 0 Å². The van der Waals surface area contributed by atoms with Crippen molar-refractivity contribution in [1.29, 1.82) is 5.41 Å². The van der Waals surface area contributed by atoms with Gasteiger partial charge in [0.2, 0.25) is 0 Å². The van der Waals surface area contributed by atoms with E-state index < -0.39 is 11.9 Å². The molecule has 4 rings (SSSR count). The highest BCUT2D eigenvalue weighted by Crippen LogP contribution is 2.33. The third-order valence-corrected chi connectivity index (χ3v) is 6.05. The Morgan fingerprint density at radius 2 is 1.65 bits per heavy atom. The van der Waals surface area contributed by atoms with Gasteiger partial charge in [0.25, 0.3) is 0 Å². The Balaban J connectivity index is 1.90. The number of nitrogens with one attached hydrogen (secondary N) is 1. The number of fused-ring (bicyclic) bond motifs is 1. The molecule has 4 aromatic rings. The van der Waals surface area contributed by atoms with Gasteiger partial charge in [0, 0.05) is 35.6 Å². The molecule has 5 N–H and O–H groups in total. The monoisotopic (exact) mass is 455 g/mol. The number of aromatic nitrogens is 1. The standard InChI is InChI=1S/C27H25N3O4/c1-3-30-14-19(20-9-7-17(25(28)29)13-24(20)30)11-16-5-6-18(26(31)32)12-22(16)21-8-4-15(2)10-23(21)27(33)34/h4-10,12-14H,3,11H2,1-2H3,(H3,28,29)(H,31,32)(H,33,34). The number of hydrogen-bond donors (Lipinski definition) is 4. The fourth-order valence-corrected chi connectivity index (χ4v) is 4.33. The molecule has 0 unspecified atom stereocenters. The normalized spacial score (nSPS) is 11.0. The van der Waals surface area contributed by atoms with E-state index in [0.29, 0.717) is 23.1 Å². The summed E-state index contributed by atoms with van der Waals surface area (Å²) in [5, 5.41) is 28.1. The minimum Gasteiger partial charge on any atom is -0.478 e. The van der Waals surface area contributed by atoms with Gasteiger partial charge in [-0.15, -0.1) is 0 Å². The van der Waals surface area contributed by atoms with Crippen LogP contribution in [0.3, 0.4) is 0 Å². The molecule has 0 spiro atoms. The molecule has 172 valence electrons. The maximum Gasteiger partial charge on any atom is 0.336 e. The third-order valence-electron chi connectivity index (χ3n) is 6.05. The summed E-state index contributed by atoms with van der Waals surface area (Å²) in [6.07, 6.45) is 2.52. The number of amidine groups is 1. The molecule has 0 aliphatic heterocycles. The van der Waals surface area contributed by atoms with Crippen LogP contribution in [0.4, 0.5) is 0 Å². The lowest BCUT2D eigenvalue weighted by Crippen LogP contribution is -2.10. The van der Waals surface area contributed by atoms with E-state index in [1.54, 1.807) is 30.3 Å². The quantitative estimate of drug-likeness (QED) is 0.232. The Labute approximate surface area is 196 Å². The highest BCUT2D eigenvalue weighted by Gasteiger charge is 2.19. The van der Waals surface area contributed by atoms with Gasteiger partial charge in [0.15, 0.2) is 0 Å².